The number of likely N-dealkylation sites (tertiary alicyclic amines) is 1. The maximum absolute atomic E-state index is 12.8. The van der Waals surface area contributed by atoms with Gasteiger partial charge in [-0.3, -0.25) is 4.79 Å². The van der Waals surface area contributed by atoms with E-state index in [9.17, 15) is 4.79 Å². The van der Waals surface area contributed by atoms with Gasteiger partial charge in [0.25, 0.3) is 5.56 Å². The highest BCUT2D eigenvalue weighted by Gasteiger charge is 2.21. The van der Waals surface area contributed by atoms with Crippen molar-refractivity contribution >= 4 is 16.6 Å². The molecule has 1 aromatic carbocycles. The first kappa shape index (κ1) is 17.1. The Morgan fingerprint density at radius 1 is 1.04 bits per heavy atom. The van der Waals surface area contributed by atoms with E-state index < -0.39 is 0 Å². The highest BCUT2D eigenvalue weighted by molar-refractivity contribution is 5.83. The van der Waals surface area contributed by atoms with Crippen molar-refractivity contribution in [3.05, 3.63) is 64.6 Å². The summed E-state index contributed by atoms with van der Waals surface area (Å²) in [5, 5.41) is 0.635. The van der Waals surface area contributed by atoms with Crippen LogP contribution in [0.3, 0.4) is 0 Å². The summed E-state index contributed by atoms with van der Waals surface area (Å²) in [6.07, 6.45) is 6.12. The number of aromatic nitrogens is 4. The molecule has 1 aliphatic heterocycles. The van der Waals surface area contributed by atoms with Crippen LogP contribution in [0, 0.1) is 6.92 Å². The lowest BCUT2D eigenvalue weighted by molar-refractivity contribution is 0.251. The second kappa shape index (κ2) is 6.56. The molecule has 142 valence electrons. The zero-order valence-corrected chi connectivity index (χ0v) is 16.1. The largest absolute Gasteiger partial charge is 0.310 e. The van der Waals surface area contributed by atoms with Crippen molar-refractivity contribution in [1.29, 1.82) is 0 Å². The molecular weight excluding hydrogens is 350 g/mol. The SMILES string of the molecule is Cc1cn2cc(-c3ccc4nc(C5CCN(C)CC5)[nH]c(=O)c4c3)ccc2n1. The molecule has 1 saturated heterocycles. The average Bonchev–Trinajstić information content (AvgIpc) is 3.07. The van der Waals surface area contributed by atoms with Crippen LogP contribution >= 0.6 is 0 Å². The van der Waals surface area contributed by atoms with Gasteiger partial charge in [-0.2, -0.15) is 0 Å². The predicted octanol–water partition coefficient (Wildman–Crippen LogP) is 3.36. The molecule has 0 bridgehead atoms. The number of benzene rings is 1. The molecule has 6 heteroatoms. The first-order chi connectivity index (χ1) is 13.6. The number of pyridine rings is 1. The zero-order valence-electron chi connectivity index (χ0n) is 16.1. The monoisotopic (exact) mass is 373 g/mol. The Labute approximate surface area is 162 Å². The maximum atomic E-state index is 12.8. The van der Waals surface area contributed by atoms with Gasteiger partial charge in [0, 0.05) is 18.3 Å². The van der Waals surface area contributed by atoms with Crippen molar-refractivity contribution in [2.45, 2.75) is 25.7 Å². The number of aromatic amines is 1. The number of rotatable bonds is 2. The number of imidazole rings is 1. The predicted molar refractivity (Wildman–Crippen MR) is 111 cm³/mol. The molecule has 1 fully saturated rings. The Balaban J connectivity index is 1.54. The minimum atomic E-state index is -0.0552. The molecule has 0 atom stereocenters. The lowest BCUT2D eigenvalue weighted by atomic mass is 9.96. The third kappa shape index (κ3) is 2.99. The minimum absolute atomic E-state index is 0.0552. The summed E-state index contributed by atoms with van der Waals surface area (Å²) in [7, 11) is 2.14. The molecule has 5 rings (SSSR count). The van der Waals surface area contributed by atoms with E-state index in [0.717, 1.165) is 59.7 Å². The molecule has 0 unspecified atom stereocenters. The summed E-state index contributed by atoms with van der Waals surface area (Å²) < 4.78 is 2.01. The van der Waals surface area contributed by atoms with Gasteiger partial charge in [0.05, 0.1) is 16.6 Å². The lowest BCUT2D eigenvalue weighted by Crippen LogP contribution is -2.30. The number of hydrogen-bond donors (Lipinski definition) is 1. The van der Waals surface area contributed by atoms with Crippen molar-refractivity contribution < 1.29 is 0 Å². The smallest absolute Gasteiger partial charge is 0.258 e. The van der Waals surface area contributed by atoms with E-state index in [1.165, 1.54) is 0 Å². The molecule has 0 amide bonds. The fourth-order valence-corrected chi connectivity index (χ4v) is 4.10. The van der Waals surface area contributed by atoms with Crippen LogP contribution in [0.15, 0.2) is 47.5 Å². The average molecular weight is 373 g/mol. The van der Waals surface area contributed by atoms with Gasteiger partial charge in [0.2, 0.25) is 0 Å². The van der Waals surface area contributed by atoms with E-state index >= 15 is 0 Å². The minimum Gasteiger partial charge on any atom is -0.310 e. The van der Waals surface area contributed by atoms with Gasteiger partial charge in [-0.25, -0.2) is 9.97 Å². The third-order valence-corrected chi connectivity index (χ3v) is 5.73. The molecule has 0 saturated carbocycles. The van der Waals surface area contributed by atoms with Crippen molar-refractivity contribution in [3.8, 4) is 11.1 Å². The first-order valence-electron chi connectivity index (χ1n) is 9.75. The Hall–Kier alpha value is -2.99. The van der Waals surface area contributed by atoms with Gasteiger partial charge >= 0.3 is 0 Å². The summed E-state index contributed by atoms with van der Waals surface area (Å²) in [6.45, 7) is 4.07. The Bertz CT molecular complexity index is 1230. The van der Waals surface area contributed by atoms with Gasteiger partial charge in [0.15, 0.2) is 0 Å². The van der Waals surface area contributed by atoms with Gasteiger partial charge < -0.3 is 14.3 Å². The number of fused-ring (bicyclic) bond motifs is 2. The van der Waals surface area contributed by atoms with Crippen LogP contribution in [0.4, 0.5) is 0 Å². The second-order valence-electron chi connectivity index (χ2n) is 7.83. The Morgan fingerprint density at radius 3 is 2.64 bits per heavy atom. The van der Waals surface area contributed by atoms with E-state index in [-0.39, 0.29) is 5.56 Å². The van der Waals surface area contributed by atoms with Crippen molar-refractivity contribution in [1.82, 2.24) is 24.3 Å². The van der Waals surface area contributed by atoms with Crippen molar-refractivity contribution in [2.75, 3.05) is 20.1 Å². The molecule has 28 heavy (non-hydrogen) atoms. The van der Waals surface area contributed by atoms with Crippen LogP contribution in [0.1, 0.15) is 30.3 Å². The standard InChI is InChI=1S/C22H23N5O/c1-14-12-27-13-17(4-6-20(27)23-14)16-3-5-19-18(11-16)22(28)25-21(24-19)15-7-9-26(2)10-8-15/h3-6,11-13,15H,7-10H2,1-2H3,(H,24,25,28). The lowest BCUT2D eigenvalue weighted by Gasteiger charge is -2.28. The molecule has 4 aromatic rings. The molecule has 0 radical (unpaired) electrons. The molecule has 0 spiro atoms. The Kier molecular flexibility index (Phi) is 4.02. The fourth-order valence-electron chi connectivity index (χ4n) is 4.10. The van der Waals surface area contributed by atoms with E-state index in [0.29, 0.717) is 11.3 Å². The molecule has 3 aromatic heterocycles. The van der Waals surface area contributed by atoms with Gasteiger partial charge in [-0.1, -0.05) is 6.07 Å². The molecule has 0 aliphatic carbocycles. The van der Waals surface area contributed by atoms with E-state index in [4.69, 9.17) is 4.98 Å². The summed E-state index contributed by atoms with van der Waals surface area (Å²) in [5.41, 5.74) is 4.66. The molecule has 1 aliphatic rings. The van der Waals surface area contributed by atoms with Gasteiger partial charge in [-0.15, -0.1) is 0 Å². The first-order valence-corrected chi connectivity index (χ1v) is 9.75. The highest BCUT2D eigenvalue weighted by Crippen LogP contribution is 2.27. The number of H-pyrrole nitrogens is 1. The third-order valence-electron chi connectivity index (χ3n) is 5.73. The number of aryl methyl sites for hydroxylation is 1. The Morgan fingerprint density at radius 2 is 1.82 bits per heavy atom. The summed E-state index contributed by atoms with van der Waals surface area (Å²) >= 11 is 0. The molecule has 6 nitrogen and oxygen atoms in total. The number of piperidine rings is 1. The maximum Gasteiger partial charge on any atom is 0.258 e. The molecule has 4 heterocycles. The van der Waals surface area contributed by atoms with Crippen LogP contribution in [-0.4, -0.2) is 44.4 Å². The van der Waals surface area contributed by atoms with Crippen molar-refractivity contribution in [2.24, 2.45) is 0 Å². The van der Waals surface area contributed by atoms with Crippen LogP contribution in [-0.2, 0) is 0 Å². The number of nitrogens with zero attached hydrogens (tertiary/aromatic N) is 4. The highest BCUT2D eigenvalue weighted by atomic mass is 16.1. The summed E-state index contributed by atoms with van der Waals surface area (Å²) in [5.74, 6) is 1.16. The molecule has 1 N–H and O–H groups in total. The van der Waals surface area contributed by atoms with E-state index in [1.54, 1.807) is 0 Å². The second-order valence-corrected chi connectivity index (χ2v) is 7.83. The summed E-state index contributed by atoms with van der Waals surface area (Å²) in [4.78, 5) is 27.4. The van der Waals surface area contributed by atoms with Crippen molar-refractivity contribution in [3.63, 3.8) is 0 Å². The topological polar surface area (TPSA) is 66.3 Å². The van der Waals surface area contributed by atoms with Crippen LogP contribution in [0.25, 0.3) is 27.7 Å². The summed E-state index contributed by atoms with van der Waals surface area (Å²) in [6, 6.07) is 9.97. The number of nitrogens with one attached hydrogen (secondary N) is 1. The van der Waals surface area contributed by atoms with E-state index in [1.807, 2.05) is 54.0 Å². The van der Waals surface area contributed by atoms with Crippen LogP contribution in [0.5, 0.6) is 0 Å². The zero-order chi connectivity index (χ0) is 19.3. The fraction of sp³-hybridized carbons (Fsp3) is 0.318. The quantitative estimate of drug-likeness (QED) is 0.585. The molecular formula is C22H23N5O. The number of hydrogen-bond acceptors (Lipinski definition) is 4. The van der Waals surface area contributed by atoms with Gasteiger partial charge in [0.1, 0.15) is 11.5 Å². The normalized spacial score (nSPS) is 16.2. The van der Waals surface area contributed by atoms with Crippen LogP contribution < -0.4 is 5.56 Å². The van der Waals surface area contributed by atoms with E-state index in [2.05, 4.69) is 21.9 Å². The van der Waals surface area contributed by atoms with Crippen LogP contribution in [0.2, 0.25) is 0 Å². The van der Waals surface area contributed by atoms with Gasteiger partial charge in [-0.05, 0) is 75.3 Å².